The van der Waals surface area contributed by atoms with Crippen LogP contribution < -0.4 is 11.1 Å². The highest BCUT2D eigenvalue weighted by molar-refractivity contribution is 7.80. The van der Waals surface area contributed by atoms with E-state index in [2.05, 4.69) is 17.5 Å². The Morgan fingerprint density at radius 2 is 1.80 bits per heavy atom. The van der Waals surface area contributed by atoms with Crippen LogP contribution in [0.2, 0.25) is 0 Å². The Balaban J connectivity index is 2.84. The van der Waals surface area contributed by atoms with Gasteiger partial charge in [-0.15, -0.1) is 0 Å². The van der Waals surface area contributed by atoms with Crippen LogP contribution >= 0.6 is 12.2 Å². The van der Waals surface area contributed by atoms with Gasteiger partial charge >= 0.3 is 0 Å². The monoisotopic (exact) mass is 301 g/mol. The Kier molecular flexibility index (Phi) is 5.82. The maximum atomic E-state index is 13.7. The maximum absolute atomic E-state index is 13.7. The van der Waals surface area contributed by atoms with Gasteiger partial charge in [-0.05, 0) is 26.0 Å². The summed E-state index contributed by atoms with van der Waals surface area (Å²) in [5.41, 5.74) is 5.07. The Labute approximate surface area is 121 Å². The molecule has 7 heteroatoms. The lowest BCUT2D eigenvalue weighted by Crippen LogP contribution is -2.35. The van der Waals surface area contributed by atoms with Gasteiger partial charge in [0.2, 0.25) is 5.91 Å². The second-order valence-electron chi connectivity index (χ2n) is 4.10. The Hall–Kier alpha value is -1.76. The quantitative estimate of drug-likeness (QED) is 0.788. The molecule has 0 unspecified atom stereocenters. The number of benzene rings is 1. The van der Waals surface area contributed by atoms with E-state index in [4.69, 9.17) is 5.73 Å². The molecule has 0 saturated carbocycles. The molecule has 0 heterocycles. The Morgan fingerprint density at radius 1 is 1.30 bits per heavy atom. The first-order valence-electron chi connectivity index (χ1n) is 6.21. The van der Waals surface area contributed by atoms with E-state index in [1.807, 2.05) is 13.8 Å². The second-order valence-corrected chi connectivity index (χ2v) is 4.54. The first kappa shape index (κ1) is 16.3. The molecule has 110 valence electrons. The molecule has 0 fully saturated rings. The molecule has 0 aliphatic heterocycles. The zero-order chi connectivity index (χ0) is 15.3. The van der Waals surface area contributed by atoms with Crippen LogP contribution in [0.15, 0.2) is 12.1 Å². The molecule has 1 rings (SSSR count). The fraction of sp³-hybridized carbons (Fsp3) is 0.385. The average Bonchev–Trinajstić information content (AvgIpc) is 2.38. The minimum absolute atomic E-state index is 0.0893. The van der Waals surface area contributed by atoms with Gasteiger partial charge < -0.3 is 16.0 Å². The molecule has 0 atom stereocenters. The van der Waals surface area contributed by atoms with Gasteiger partial charge in [0, 0.05) is 18.7 Å². The zero-order valence-corrected chi connectivity index (χ0v) is 12.2. The van der Waals surface area contributed by atoms with E-state index in [9.17, 15) is 13.6 Å². The summed E-state index contributed by atoms with van der Waals surface area (Å²) >= 11 is 4.66. The van der Waals surface area contributed by atoms with E-state index < -0.39 is 11.6 Å². The smallest absolute Gasteiger partial charge is 0.241 e. The summed E-state index contributed by atoms with van der Waals surface area (Å²) in [6, 6.07) is 2.07. The number of thiocarbonyl (C=S) groups is 1. The van der Waals surface area contributed by atoms with Gasteiger partial charge in [0.25, 0.3) is 0 Å². The molecule has 20 heavy (non-hydrogen) atoms. The number of carbonyl (C=O) groups is 1. The van der Waals surface area contributed by atoms with E-state index in [1.54, 1.807) is 4.90 Å². The number of nitrogens with zero attached hydrogens (tertiary/aromatic N) is 1. The van der Waals surface area contributed by atoms with Gasteiger partial charge in [-0.25, -0.2) is 8.78 Å². The lowest BCUT2D eigenvalue weighted by atomic mass is 10.2. The van der Waals surface area contributed by atoms with Gasteiger partial charge in [0.1, 0.15) is 22.3 Å². The van der Waals surface area contributed by atoms with E-state index in [-0.39, 0.29) is 28.7 Å². The van der Waals surface area contributed by atoms with Crippen molar-refractivity contribution in [1.29, 1.82) is 0 Å². The zero-order valence-electron chi connectivity index (χ0n) is 11.4. The molecular weight excluding hydrogens is 284 g/mol. The van der Waals surface area contributed by atoms with Crippen molar-refractivity contribution in [3.8, 4) is 0 Å². The molecule has 3 N–H and O–H groups in total. The van der Waals surface area contributed by atoms with Crippen molar-refractivity contribution in [1.82, 2.24) is 4.90 Å². The van der Waals surface area contributed by atoms with E-state index in [0.29, 0.717) is 13.1 Å². The van der Waals surface area contributed by atoms with Crippen LogP contribution in [0.5, 0.6) is 0 Å². The Morgan fingerprint density at radius 3 is 2.20 bits per heavy atom. The number of nitrogens with two attached hydrogens (primary N) is 1. The third kappa shape index (κ3) is 3.86. The summed E-state index contributed by atoms with van der Waals surface area (Å²) in [5, 5.41) is 2.47. The molecule has 1 aromatic rings. The highest BCUT2D eigenvalue weighted by Gasteiger charge is 2.15. The molecule has 4 nitrogen and oxygen atoms in total. The van der Waals surface area contributed by atoms with Crippen molar-refractivity contribution in [2.75, 3.05) is 25.0 Å². The number of amides is 1. The van der Waals surface area contributed by atoms with E-state index in [1.165, 1.54) is 0 Å². The number of carbonyl (C=O) groups excluding carboxylic acids is 1. The fourth-order valence-electron chi connectivity index (χ4n) is 1.74. The number of anilines is 1. The molecule has 1 aromatic carbocycles. The molecule has 0 saturated heterocycles. The summed E-state index contributed by atoms with van der Waals surface area (Å²) in [4.78, 5) is 13.2. The summed E-state index contributed by atoms with van der Waals surface area (Å²) in [7, 11) is 0. The lowest BCUT2D eigenvalue weighted by Gasteiger charge is -2.19. The number of likely N-dealkylation sites (N-methyl/N-ethyl adjacent to an activating group) is 1. The molecule has 0 spiro atoms. The maximum Gasteiger partial charge on any atom is 0.241 e. The molecule has 1 amide bonds. The molecular formula is C13H17F2N3OS. The van der Waals surface area contributed by atoms with Crippen molar-refractivity contribution in [3.63, 3.8) is 0 Å². The number of hydrogen-bond donors (Lipinski definition) is 2. The summed E-state index contributed by atoms with van der Waals surface area (Å²) in [6.45, 7) is 4.58. The molecule has 0 aliphatic rings. The minimum Gasteiger partial charge on any atom is -0.389 e. The van der Waals surface area contributed by atoms with E-state index in [0.717, 1.165) is 12.1 Å². The number of hydrogen-bond acceptors (Lipinski definition) is 3. The first-order valence-corrected chi connectivity index (χ1v) is 6.62. The fourth-order valence-corrected chi connectivity index (χ4v) is 1.85. The molecule has 0 radical (unpaired) electrons. The molecule has 0 bridgehead atoms. The van der Waals surface area contributed by atoms with Crippen LogP contribution in [0.4, 0.5) is 14.5 Å². The first-order chi connectivity index (χ1) is 9.40. The van der Waals surface area contributed by atoms with Crippen molar-refractivity contribution in [3.05, 3.63) is 29.3 Å². The SMILES string of the molecule is CCN(CC)C(=O)CNc1c(F)cc(C(N)=S)cc1F. The van der Waals surface area contributed by atoms with Crippen LogP contribution in [0.3, 0.4) is 0 Å². The predicted octanol–water partition coefficient (Wildman–Crippen LogP) is 1.88. The minimum atomic E-state index is -0.833. The van der Waals surface area contributed by atoms with Crippen molar-refractivity contribution < 1.29 is 13.6 Å². The van der Waals surface area contributed by atoms with Crippen molar-refractivity contribution >= 4 is 28.8 Å². The summed E-state index contributed by atoms with van der Waals surface area (Å²) < 4.78 is 27.5. The van der Waals surface area contributed by atoms with Crippen LogP contribution in [-0.2, 0) is 4.79 Å². The summed E-state index contributed by atoms with van der Waals surface area (Å²) in [5.74, 6) is -1.90. The Bertz CT molecular complexity index is 495. The number of rotatable bonds is 6. The van der Waals surface area contributed by atoms with Gasteiger partial charge in [-0.1, -0.05) is 12.2 Å². The van der Waals surface area contributed by atoms with Gasteiger partial charge in [0.05, 0.1) is 6.54 Å². The normalized spacial score (nSPS) is 10.2. The van der Waals surface area contributed by atoms with Gasteiger partial charge in [-0.3, -0.25) is 4.79 Å². The number of halogens is 2. The topological polar surface area (TPSA) is 58.4 Å². The van der Waals surface area contributed by atoms with Crippen LogP contribution in [0, 0.1) is 11.6 Å². The van der Waals surface area contributed by atoms with Crippen molar-refractivity contribution in [2.45, 2.75) is 13.8 Å². The molecule has 0 aliphatic carbocycles. The van der Waals surface area contributed by atoms with Crippen LogP contribution in [-0.4, -0.2) is 35.4 Å². The number of nitrogens with one attached hydrogen (secondary N) is 1. The van der Waals surface area contributed by atoms with Crippen molar-refractivity contribution in [2.24, 2.45) is 5.73 Å². The highest BCUT2D eigenvalue weighted by atomic mass is 32.1. The predicted molar refractivity (Wildman–Crippen MR) is 78.7 cm³/mol. The largest absolute Gasteiger partial charge is 0.389 e. The average molecular weight is 301 g/mol. The van der Waals surface area contributed by atoms with E-state index >= 15 is 0 Å². The third-order valence-electron chi connectivity index (χ3n) is 2.86. The third-order valence-corrected chi connectivity index (χ3v) is 3.09. The van der Waals surface area contributed by atoms with Crippen LogP contribution in [0.25, 0.3) is 0 Å². The highest BCUT2D eigenvalue weighted by Crippen LogP contribution is 2.20. The van der Waals surface area contributed by atoms with Gasteiger partial charge in [-0.2, -0.15) is 0 Å². The molecule has 0 aromatic heterocycles. The van der Waals surface area contributed by atoms with Gasteiger partial charge in [0.15, 0.2) is 0 Å². The van der Waals surface area contributed by atoms with Crippen LogP contribution in [0.1, 0.15) is 19.4 Å². The lowest BCUT2D eigenvalue weighted by molar-refractivity contribution is -0.128. The standard InChI is InChI=1S/C13H17F2N3OS/c1-3-18(4-2)11(19)7-17-12-9(14)5-8(13(16)20)6-10(12)15/h5-6,17H,3-4,7H2,1-2H3,(H2,16,20). The second kappa shape index (κ2) is 7.14. The summed E-state index contributed by atoms with van der Waals surface area (Å²) in [6.07, 6.45) is 0.